The molecule has 4 atom stereocenters. The van der Waals surface area contributed by atoms with Gasteiger partial charge in [0.05, 0.1) is 37.6 Å². The molecular weight excluding hydrogens is 510 g/mol. The third kappa shape index (κ3) is 1.92. The van der Waals surface area contributed by atoms with E-state index in [1.54, 1.807) is 0 Å². The smallest absolute Gasteiger partial charge is 0.240 e. The van der Waals surface area contributed by atoms with E-state index in [9.17, 15) is 9.59 Å². The number of imide groups is 1. The van der Waals surface area contributed by atoms with Gasteiger partial charge in [-0.3, -0.25) is 9.59 Å². The van der Waals surface area contributed by atoms with Crippen LogP contribution in [0.4, 0.5) is 5.69 Å². The van der Waals surface area contributed by atoms with Crippen LogP contribution in [0.15, 0.2) is 28.3 Å². The number of halogens is 8. The lowest BCUT2D eigenvalue weighted by Gasteiger charge is -2.34. The molecule has 1 saturated carbocycles. The SMILES string of the molecule is O=C1[C@@H]2[C@H](C(=O)N1c1ccc(Cl)c(Cl)c1)[C@@]1(Cl)C(Cl)=C(Cl)[C@@]2(Cl)C1(Cl)Cl. The number of hydrogen-bond donors (Lipinski definition) is 0. The Morgan fingerprint density at radius 3 is 1.65 bits per heavy atom. The summed E-state index contributed by atoms with van der Waals surface area (Å²) in [5, 5.41) is 0.160. The Kier molecular flexibility index (Phi) is 4.35. The van der Waals surface area contributed by atoms with Crippen molar-refractivity contribution >= 4 is 110 Å². The standard InChI is InChI=1S/C15H5Cl8NO2/c16-5-2-1-4(3-6(5)17)24-11(25)7-8(12(24)26)14(21)10(19)9(18)13(7,20)15(14,22)23/h1-3,7-8H/t7-,8+,13-,14-/m1/s1. The zero-order chi connectivity index (χ0) is 19.4. The predicted octanol–water partition coefficient (Wildman–Crippen LogP) is 5.94. The second-order valence-corrected chi connectivity index (χ2v) is 10.3. The molecule has 1 aromatic rings. The van der Waals surface area contributed by atoms with Crippen molar-refractivity contribution < 1.29 is 9.59 Å². The molecule has 3 aliphatic rings. The number of amides is 2. The van der Waals surface area contributed by atoms with Crippen molar-refractivity contribution in [2.75, 3.05) is 4.90 Å². The van der Waals surface area contributed by atoms with Crippen LogP contribution in [0.5, 0.6) is 0 Å². The number of rotatable bonds is 1. The molecule has 0 N–H and O–H groups in total. The van der Waals surface area contributed by atoms with Crippen molar-refractivity contribution in [3.05, 3.63) is 38.3 Å². The Balaban J connectivity index is 1.90. The first-order valence-electron chi connectivity index (χ1n) is 7.07. The first-order chi connectivity index (χ1) is 11.9. The third-order valence-corrected chi connectivity index (χ3v) is 10.1. The number of fused-ring (bicyclic) bond motifs is 5. The van der Waals surface area contributed by atoms with Gasteiger partial charge in [0.25, 0.3) is 0 Å². The summed E-state index contributed by atoms with van der Waals surface area (Å²) < 4.78 is -1.96. The summed E-state index contributed by atoms with van der Waals surface area (Å²) in [6.45, 7) is 0. The minimum atomic E-state index is -1.96. The maximum Gasteiger partial charge on any atom is 0.240 e. The molecule has 138 valence electrons. The van der Waals surface area contributed by atoms with Crippen molar-refractivity contribution in [2.45, 2.75) is 14.1 Å². The Bertz CT molecular complexity index is 884. The monoisotopic (exact) mass is 511 g/mol. The van der Waals surface area contributed by atoms with E-state index in [0.717, 1.165) is 4.90 Å². The summed E-state index contributed by atoms with van der Waals surface area (Å²) in [5.41, 5.74) is 0.214. The van der Waals surface area contributed by atoms with E-state index in [4.69, 9.17) is 92.8 Å². The van der Waals surface area contributed by atoms with Gasteiger partial charge in [0.15, 0.2) is 4.33 Å². The minimum Gasteiger partial charge on any atom is -0.274 e. The molecule has 2 fully saturated rings. The van der Waals surface area contributed by atoms with E-state index in [-0.39, 0.29) is 25.8 Å². The number of carbonyl (C=O) groups is 2. The Hall–Kier alpha value is 0.420. The first-order valence-corrected chi connectivity index (χ1v) is 10.1. The van der Waals surface area contributed by atoms with E-state index >= 15 is 0 Å². The molecule has 0 spiro atoms. The van der Waals surface area contributed by atoms with E-state index in [1.165, 1.54) is 18.2 Å². The lowest BCUT2D eigenvalue weighted by atomic mass is 9.84. The minimum absolute atomic E-state index is 0.140. The van der Waals surface area contributed by atoms with Crippen LogP contribution in [0.25, 0.3) is 0 Å². The quantitative estimate of drug-likeness (QED) is 0.343. The van der Waals surface area contributed by atoms with Crippen LogP contribution in [0, 0.1) is 11.8 Å². The summed E-state index contributed by atoms with van der Waals surface area (Å²) in [7, 11) is 0. The lowest BCUT2D eigenvalue weighted by Crippen LogP contribution is -2.50. The maximum atomic E-state index is 13.1. The van der Waals surface area contributed by atoms with Crippen molar-refractivity contribution in [3.8, 4) is 0 Å². The van der Waals surface area contributed by atoms with Crippen molar-refractivity contribution in [1.29, 1.82) is 0 Å². The zero-order valence-electron chi connectivity index (χ0n) is 12.2. The molecule has 1 aromatic carbocycles. The summed E-state index contributed by atoms with van der Waals surface area (Å²) in [5.74, 6) is -3.67. The highest BCUT2D eigenvalue weighted by atomic mass is 35.5. The molecule has 1 aliphatic heterocycles. The molecule has 2 amide bonds. The number of hydrogen-bond acceptors (Lipinski definition) is 2. The second-order valence-electron chi connectivity index (χ2n) is 6.19. The molecule has 4 rings (SSSR count). The molecule has 1 heterocycles. The number of nitrogens with zero attached hydrogens (tertiary/aromatic N) is 1. The molecular formula is C15H5Cl8NO2. The first kappa shape index (κ1) is 19.7. The number of alkyl halides is 4. The Morgan fingerprint density at radius 2 is 1.23 bits per heavy atom. The summed E-state index contributed by atoms with van der Waals surface area (Å²) >= 11 is 50.4. The number of anilines is 1. The molecule has 0 unspecified atom stereocenters. The molecule has 2 bridgehead atoms. The van der Waals surface area contributed by atoms with Gasteiger partial charge in [-0.15, -0.1) is 23.2 Å². The van der Waals surface area contributed by atoms with Crippen LogP contribution >= 0.6 is 92.8 Å². The average Bonchev–Trinajstić information content (AvgIpc) is 2.95. The van der Waals surface area contributed by atoms with Crippen molar-refractivity contribution in [3.63, 3.8) is 0 Å². The van der Waals surface area contributed by atoms with Gasteiger partial charge in [-0.2, -0.15) is 0 Å². The van der Waals surface area contributed by atoms with Crippen LogP contribution in [0.2, 0.25) is 10.0 Å². The second kappa shape index (κ2) is 5.73. The van der Waals surface area contributed by atoms with Gasteiger partial charge in [-0.05, 0) is 18.2 Å². The zero-order valence-corrected chi connectivity index (χ0v) is 18.2. The molecule has 26 heavy (non-hydrogen) atoms. The van der Waals surface area contributed by atoms with Crippen LogP contribution in [0.3, 0.4) is 0 Å². The van der Waals surface area contributed by atoms with Gasteiger partial charge in [-0.1, -0.05) is 69.6 Å². The van der Waals surface area contributed by atoms with Crippen molar-refractivity contribution in [2.24, 2.45) is 11.8 Å². The lowest BCUT2D eigenvalue weighted by molar-refractivity contribution is -0.123. The molecule has 2 aliphatic carbocycles. The average molecular weight is 515 g/mol. The van der Waals surface area contributed by atoms with Gasteiger partial charge in [-0.25, -0.2) is 4.90 Å². The van der Waals surface area contributed by atoms with E-state index < -0.39 is 37.7 Å². The van der Waals surface area contributed by atoms with Gasteiger partial charge in [0.1, 0.15) is 9.75 Å². The third-order valence-electron chi connectivity index (χ3n) is 5.07. The van der Waals surface area contributed by atoms with Crippen LogP contribution < -0.4 is 4.90 Å². The number of benzene rings is 1. The summed E-state index contributed by atoms with van der Waals surface area (Å²) in [6, 6.07) is 4.32. The fraction of sp³-hybridized carbons (Fsp3) is 0.333. The molecule has 0 aromatic heterocycles. The van der Waals surface area contributed by atoms with Gasteiger partial charge in [0, 0.05) is 0 Å². The topological polar surface area (TPSA) is 37.4 Å². The van der Waals surface area contributed by atoms with Crippen molar-refractivity contribution in [1.82, 2.24) is 0 Å². The highest BCUT2D eigenvalue weighted by Crippen LogP contribution is 2.77. The largest absolute Gasteiger partial charge is 0.274 e. The van der Waals surface area contributed by atoms with Gasteiger partial charge >= 0.3 is 0 Å². The van der Waals surface area contributed by atoms with Crippen LogP contribution in [0.1, 0.15) is 0 Å². The highest BCUT2D eigenvalue weighted by Gasteiger charge is 2.87. The maximum absolute atomic E-state index is 13.1. The summed E-state index contributed by atoms with van der Waals surface area (Å²) in [4.78, 5) is 23.5. The van der Waals surface area contributed by atoms with Crippen LogP contribution in [-0.2, 0) is 9.59 Å². The molecule has 1 saturated heterocycles. The van der Waals surface area contributed by atoms with E-state index in [0.29, 0.717) is 0 Å². The van der Waals surface area contributed by atoms with Gasteiger partial charge in [0.2, 0.25) is 11.8 Å². The highest BCUT2D eigenvalue weighted by molar-refractivity contribution is 6.67. The predicted molar refractivity (Wildman–Crippen MR) is 106 cm³/mol. The number of allylic oxidation sites excluding steroid dienone is 2. The fourth-order valence-corrected chi connectivity index (χ4v) is 7.10. The summed E-state index contributed by atoms with van der Waals surface area (Å²) in [6.07, 6.45) is 0. The molecule has 3 nitrogen and oxygen atoms in total. The van der Waals surface area contributed by atoms with E-state index in [1.807, 2.05) is 0 Å². The van der Waals surface area contributed by atoms with E-state index in [2.05, 4.69) is 0 Å². The normalized spacial score (nSPS) is 37.8. The Morgan fingerprint density at radius 1 is 0.769 bits per heavy atom. The van der Waals surface area contributed by atoms with Gasteiger partial charge < -0.3 is 0 Å². The molecule has 0 radical (unpaired) electrons. The van der Waals surface area contributed by atoms with Crippen LogP contribution in [-0.4, -0.2) is 25.9 Å². The number of carbonyl (C=O) groups excluding carboxylic acids is 2. The Labute approximate surface area is 188 Å². The fourth-order valence-electron chi connectivity index (χ4n) is 3.87. The molecule has 11 heteroatoms.